The Morgan fingerprint density at radius 3 is 2.12 bits per heavy atom. The molecule has 1 fully saturated rings. The summed E-state index contributed by atoms with van der Waals surface area (Å²) in [7, 11) is -6.49. The normalized spacial score (nSPS) is 19.6. The molecule has 1 aliphatic rings. The molecular formula is C23H29NO6S2. The number of hydrogen-bond donors (Lipinski definition) is 1. The average Bonchev–Trinajstić information content (AvgIpc) is 2.79. The Bertz CT molecular complexity index is 1170. The molecule has 0 aliphatic heterocycles. The van der Waals surface area contributed by atoms with Crippen molar-refractivity contribution in [2.45, 2.75) is 66.2 Å². The molecule has 0 amide bonds. The fraction of sp³-hybridized carbons (Fsp3) is 0.435. The highest BCUT2D eigenvalue weighted by atomic mass is 32.2. The number of esters is 1. The Morgan fingerprint density at radius 1 is 0.938 bits per heavy atom. The first-order chi connectivity index (χ1) is 15.1. The van der Waals surface area contributed by atoms with Crippen molar-refractivity contribution in [1.82, 2.24) is 4.72 Å². The molecule has 0 atom stereocenters. The van der Waals surface area contributed by atoms with Crippen molar-refractivity contribution in [3.63, 3.8) is 0 Å². The van der Waals surface area contributed by atoms with E-state index in [1.54, 1.807) is 24.3 Å². The lowest BCUT2D eigenvalue weighted by atomic mass is 9.86. The molecule has 2 aromatic rings. The van der Waals surface area contributed by atoms with Gasteiger partial charge in [-0.3, -0.25) is 4.79 Å². The lowest BCUT2D eigenvalue weighted by Crippen LogP contribution is -2.39. The SMILES string of the molecule is COC(=O)C1CCC(NS(=O)(=O)c2cc(S(=O)(=O)c3ccccc3)ccc2C(C)C)CC1. The standard InChI is InChI=1S/C23H29NO6S2/c1-16(2)21-14-13-20(31(26,27)19-7-5-4-6-8-19)15-22(21)32(28,29)24-18-11-9-17(10-12-18)23(25)30-3/h4-8,13-18,24H,9-12H2,1-3H3. The molecule has 2 aromatic carbocycles. The van der Waals surface area contributed by atoms with Gasteiger partial charge in [-0.2, -0.15) is 0 Å². The molecule has 0 bridgehead atoms. The Balaban J connectivity index is 1.92. The van der Waals surface area contributed by atoms with Crippen molar-refractivity contribution in [2.24, 2.45) is 5.92 Å². The molecule has 32 heavy (non-hydrogen) atoms. The van der Waals surface area contributed by atoms with E-state index in [-0.39, 0.29) is 38.5 Å². The van der Waals surface area contributed by atoms with E-state index in [2.05, 4.69) is 4.72 Å². The van der Waals surface area contributed by atoms with Gasteiger partial charge in [0, 0.05) is 6.04 Å². The van der Waals surface area contributed by atoms with Crippen molar-refractivity contribution >= 4 is 25.8 Å². The van der Waals surface area contributed by atoms with E-state index in [1.165, 1.54) is 31.4 Å². The first kappa shape index (κ1) is 24.4. The minimum atomic E-state index is -3.97. The summed E-state index contributed by atoms with van der Waals surface area (Å²) in [4.78, 5) is 11.7. The molecule has 0 unspecified atom stereocenters. The molecule has 0 heterocycles. The van der Waals surface area contributed by atoms with Crippen LogP contribution >= 0.6 is 0 Å². The number of methoxy groups -OCH3 is 1. The third kappa shape index (κ3) is 5.22. The number of ether oxygens (including phenoxy) is 1. The number of rotatable bonds is 7. The second-order valence-electron chi connectivity index (χ2n) is 8.36. The van der Waals surface area contributed by atoms with E-state index < -0.39 is 19.9 Å². The van der Waals surface area contributed by atoms with E-state index in [9.17, 15) is 21.6 Å². The number of carbonyl (C=O) groups is 1. The average molecular weight is 480 g/mol. The highest BCUT2D eigenvalue weighted by molar-refractivity contribution is 7.91. The zero-order valence-electron chi connectivity index (χ0n) is 18.4. The van der Waals surface area contributed by atoms with Gasteiger partial charge in [0.05, 0.1) is 27.7 Å². The maximum absolute atomic E-state index is 13.3. The molecule has 0 spiro atoms. The van der Waals surface area contributed by atoms with Gasteiger partial charge in [0.2, 0.25) is 19.9 Å². The predicted molar refractivity (Wildman–Crippen MR) is 121 cm³/mol. The van der Waals surface area contributed by atoms with Gasteiger partial charge in [-0.25, -0.2) is 21.6 Å². The van der Waals surface area contributed by atoms with Gasteiger partial charge in [-0.1, -0.05) is 38.1 Å². The molecule has 3 rings (SSSR count). The summed E-state index contributed by atoms with van der Waals surface area (Å²) in [5, 5.41) is 0. The van der Waals surface area contributed by atoms with E-state index in [0.717, 1.165) is 0 Å². The second-order valence-corrected chi connectivity index (χ2v) is 12.0. The summed E-state index contributed by atoms with van der Waals surface area (Å²) >= 11 is 0. The molecule has 0 aromatic heterocycles. The smallest absolute Gasteiger partial charge is 0.308 e. The van der Waals surface area contributed by atoms with Gasteiger partial charge in [0.25, 0.3) is 0 Å². The summed E-state index contributed by atoms with van der Waals surface area (Å²) in [6.45, 7) is 3.72. The van der Waals surface area contributed by atoms with Crippen molar-refractivity contribution in [3.05, 3.63) is 54.1 Å². The quantitative estimate of drug-likeness (QED) is 0.608. The molecule has 1 aliphatic carbocycles. The molecule has 1 N–H and O–H groups in total. The second kappa shape index (κ2) is 9.72. The van der Waals surface area contributed by atoms with Gasteiger partial charge >= 0.3 is 5.97 Å². The van der Waals surface area contributed by atoms with Crippen LogP contribution in [0, 0.1) is 5.92 Å². The largest absolute Gasteiger partial charge is 0.469 e. The predicted octanol–water partition coefficient (Wildman–Crippen LogP) is 3.65. The Morgan fingerprint density at radius 2 is 1.56 bits per heavy atom. The number of sulfonamides is 1. The van der Waals surface area contributed by atoms with Crippen molar-refractivity contribution in [2.75, 3.05) is 7.11 Å². The first-order valence-electron chi connectivity index (χ1n) is 10.6. The third-order valence-corrected chi connectivity index (χ3v) is 9.19. The first-order valence-corrected chi connectivity index (χ1v) is 13.6. The molecule has 7 nitrogen and oxygen atoms in total. The number of hydrogen-bond acceptors (Lipinski definition) is 6. The van der Waals surface area contributed by atoms with Crippen molar-refractivity contribution in [3.8, 4) is 0 Å². The highest BCUT2D eigenvalue weighted by Crippen LogP contribution is 2.31. The topological polar surface area (TPSA) is 107 Å². The van der Waals surface area contributed by atoms with Gasteiger partial charge in [0.15, 0.2) is 0 Å². The lowest BCUT2D eigenvalue weighted by Gasteiger charge is -2.28. The maximum Gasteiger partial charge on any atom is 0.308 e. The van der Waals surface area contributed by atoms with Gasteiger partial charge in [0.1, 0.15) is 0 Å². The van der Waals surface area contributed by atoms with Crippen LogP contribution in [0.3, 0.4) is 0 Å². The number of benzene rings is 2. The van der Waals surface area contributed by atoms with Crippen molar-refractivity contribution in [1.29, 1.82) is 0 Å². The number of nitrogens with one attached hydrogen (secondary N) is 1. The molecule has 174 valence electrons. The van der Waals surface area contributed by atoms with Gasteiger partial charge in [-0.05, 0) is 61.4 Å². The van der Waals surface area contributed by atoms with E-state index in [0.29, 0.717) is 31.2 Å². The summed E-state index contributed by atoms with van der Waals surface area (Å²) in [6.07, 6.45) is 2.11. The monoisotopic (exact) mass is 479 g/mol. The van der Waals surface area contributed by atoms with Crippen LogP contribution in [0.1, 0.15) is 51.0 Å². The molecular weight excluding hydrogens is 450 g/mol. The minimum Gasteiger partial charge on any atom is -0.469 e. The summed E-state index contributed by atoms with van der Waals surface area (Å²) < 4.78 is 60.3. The summed E-state index contributed by atoms with van der Waals surface area (Å²) in [5.74, 6) is -0.608. The van der Waals surface area contributed by atoms with Crippen LogP contribution in [0.5, 0.6) is 0 Å². The fourth-order valence-electron chi connectivity index (χ4n) is 4.02. The summed E-state index contributed by atoms with van der Waals surface area (Å²) in [6, 6.07) is 11.9. The molecule has 0 saturated heterocycles. The third-order valence-electron chi connectivity index (χ3n) is 5.84. The van der Waals surface area contributed by atoms with Gasteiger partial charge in [-0.15, -0.1) is 0 Å². The Kier molecular flexibility index (Phi) is 7.42. The minimum absolute atomic E-state index is 0.0282. The zero-order valence-corrected chi connectivity index (χ0v) is 20.1. The molecule has 1 saturated carbocycles. The van der Waals surface area contributed by atoms with E-state index in [4.69, 9.17) is 4.74 Å². The molecule has 0 radical (unpaired) electrons. The number of carbonyl (C=O) groups excluding carboxylic acids is 1. The van der Waals surface area contributed by atoms with E-state index >= 15 is 0 Å². The van der Waals surface area contributed by atoms with Crippen LogP contribution in [-0.2, 0) is 29.4 Å². The Hall–Kier alpha value is -2.23. The van der Waals surface area contributed by atoms with Crippen LogP contribution in [0.2, 0.25) is 0 Å². The van der Waals surface area contributed by atoms with E-state index in [1.807, 2.05) is 13.8 Å². The highest BCUT2D eigenvalue weighted by Gasteiger charge is 2.31. The lowest BCUT2D eigenvalue weighted by molar-refractivity contribution is -0.146. The Labute approximate surface area is 190 Å². The van der Waals surface area contributed by atoms with Crippen LogP contribution in [0.15, 0.2) is 63.2 Å². The maximum atomic E-state index is 13.3. The fourth-order valence-corrected chi connectivity index (χ4v) is 7.10. The van der Waals surface area contributed by atoms with Crippen LogP contribution in [0.4, 0.5) is 0 Å². The van der Waals surface area contributed by atoms with Gasteiger partial charge < -0.3 is 4.74 Å². The zero-order chi connectivity index (χ0) is 23.5. The van der Waals surface area contributed by atoms with Crippen LogP contribution in [0.25, 0.3) is 0 Å². The summed E-state index contributed by atoms with van der Waals surface area (Å²) in [5.41, 5.74) is 0.549. The number of sulfone groups is 1. The molecule has 9 heteroatoms. The van der Waals surface area contributed by atoms with Crippen LogP contribution in [-0.4, -0.2) is 36.0 Å². The van der Waals surface area contributed by atoms with Crippen molar-refractivity contribution < 1.29 is 26.4 Å². The van der Waals surface area contributed by atoms with Crippen LogP contribution < -0.4 is 4.72 Å².